The predicted octanol–water partition coefficient (Wildman–Crippen LogP) is 2.31. The second-order valence-corrected chi connectivity index (χ2v) is 7.10. The van der Waals surface area contributed by atoms with E-state index in [-0.39, 0.29) is 23.6 Å². The number of nitrogens with one attached hydrogen (secondary N) is 1. The number of rotatable bonds is 4. The predicted molar refractivity (Wildman–Crippen MR) is 74.6 cm³/mol. The molecule has 0 radical (unpaired) electrons. The summed E-state index contributed by atoms with van der Waals surface area (Å²) in [5, 5.41) is 9.07. The molecule has 0 heterocycles. The number of sulfonamides is 1. The summed E-state index contributed by atoms with van der Waals surface area (Å²) >= 11 is 5.61. The quantitative estimate of drug-likeness (QED) is 0.894. The Kier molecular flexibility index (Phi) is 5.01. The van der Waals surface area contributed by atoms with Crippen molar-refractivity contribution >= 4 is 21.6 Å². The Labute approximate surface area is 123 Å². The summed E-state index contributed by atoms with van der Waals surface area (Å²) in [6, 6.07) is 3.51. The van der Waals surface area contributed by atoms with Crippen LogP contribution >= 0.6 is 11.6 Å². The van der Waals surface area contributed by atoms with E-state index in [2.05, 4.69) is 4.72 Å². The molecule has 1 aromatic carbocycles. The summed E-state index contributed by atoms with van der Waals surface area (Å²) in [4.78, 5) is -0.452. The molecule has 2 rings (SSSR count). The van der Waals surface area contributed by atoms with E-state index >= 15 is 0 Å². The average Bonchev–Trinajstić information content (AvgIpc) is 2.42. The molecule has 0 aliphatic heterocycles. The van der Waals surface area contributed by atoms with Gasteiger partial charge in [-0.25, -0.2) is 17.5 Å². The zero-order valence-corrected chi connectivity index (χ0v) is 12.4. The molecule has 0 spiro atoms. The monoisotopic (exact) mass is 321 g/mol. The molecule has 2 N–H and O–H groups in total. The molecule has 1 aliphatic carbocycles. The first-order valence-electron chi connectivity index (χ1n) is 6.53. The van der Waals surface area contributed by atoms with Gasteiger partial charge in [0.15, 0.2) is 5.82 Å². The molecule has 4 nitrogen and oxygen atoms in total. The van der Waals surface area contributed by atoms with Crippen LogP contribution in [0.1, 0.15) is 25.7 Å². The standard InChI is InChI=1S/C13H17ClFNO3S/c14-10-5-3-7-12(13(10)15)20(18,19)16-11-6-2-1-4-9(11)8-17/h3,5,7,9,11,16-17H,1-2,4,6,8H2. The largest absolute Gasteiger partial charge is 0.396 e. The van der Waals surface area contributed by atoms with Gasteiger partial charge in [-0.2, -0.15) is 0 Å². The van der Waals surface area contributed by atoms with Crippen LogP contribution in [-0.4, -0.2) is 26.2 Å². The van der Waals surface area contributed by atoms with E-state index in [0.29, 0.717) is 6.42 Å². The summed E-state index contributed by atoms with van der Waals surface area (Å²) < 4.78 is 40.8. The molecule has 1 saturated carbocycles. The van der Waals surface area contributed by atoms with Gasteiger partial charge in [-0.05, 0) is 30.9 Å². The van der Waals surface area contributed by atoms with Gasteiger partial charge in [-0.1, -0.05) is 30.5 Å². The van der Waals surface area contributed by atoms with Gasteiger partial charge in [0.1, 0.15) is 4.90 Å². The summed E-state index contributed by atoms with van der Waals surface area (Å²) in [5.41, 5.74) is 0. The number of halogens is 2. The SMILES string of the molecule is O=S(=O)(NC1CCCCC1CO)c1cccc(Cl)c1F. The fraction of sp³-hybridized carbons (Fsp3) is 0.538. The van der Waals surface area contributed by atoms with Crippen LogP contribution in [0.15, 0.2) is 23.1 Å². The smallest absolute Gasteiger partial charge is 0.243 e. The summed E-state index contributed by atoms with van der Waals surface area (Å²) in [5.74, 6) is -1.07. The maximum absolute atomic E-state index is 13.8. The van der Waals surface area contributed by atoms with Crippen LogP contribution in [0, 0.1) is 11.7 Å². The second kappa shape index (κ2) is 6.39. The first-order valence-corrected chi connectivity index (χ1v) is 8.39. The molecular formula is C13H17ClFNO3S. The molecule has 0 aromatic heterocycles. The van der Waals surface area contributed by atoms with Crippen LogP contribution in [0.4, 0.5) is 4.39 Å². The van der Waals surface area contributed by atoms with Gasteiger partial charge in [0, 0.05) is 12.6 Å². The molecule has 1 aliphatic rings. The molecule has 0 bridgehead atoms. The lowest BCUT2D eigenvalue weighted by atomic mass is 9.86. The Morgan fingerprint density at radius 2 is 2.05 bits per heavy atom. The van der Waals surface area contributed by atoms with Gasteiger partial charge in [-0.3, -0.25) is 0 Å². The van der Waals surface area contributed by atoms with Crippen molar-refractivity contribution in [2.45, 2.75) is 36.6 Å². The number of aliphatic hydroxyl groups excluding tert-OH is 1. The Morgan fingerprint density at radius 3 is 2.75 bits per heavy atom. The van der Waals surface area contributed by atoms with Gasteiger partial charge in [0.25, 0.3) is 0 Å². The van der Waals surface area contributed by atoms with Crippen LogP contribution in [0.5, 0.6) is 0 Å². The minimum Gasteiger partial charge on any atom is -0.396 e. The number of aliphatic hydroxyl groups is 1. The lowest BCUT2D eigenvalue weighted by Crippen LogP contribution is -2.43. The normalized spacial score (nSPS) is 23.8. The van der Waals surface area contributed by atoms with Crippen molar-refractivity contribution in [1.29, 1.82) is 0 Å². The molecule has 0 saturated heterocycles. The van der Waals surface area contributed by atoms with E-state index in [1.54, 1.807) is 0 Å². The second-order valence-electron chi connectivity index (χ2n) is 5.01. The zero-order valence-electron chi connectivity index (χ0n) is 10.9. The Balaban J connectivity index is 2.24. The molecule has 7 heteroatoms. The van der Waals surface area contributed by atoms with Gasteiger partial charge in [0.05, 0.1) is 5.02 Å². The van der Waals surface area contributed by atoms with Crippen LogP contribution in [0.2, 0.25) is 5.02 Å². The van der Waals surface area contributed by atoms with E-state index in [0.717, 1.165) is 19.3 Å². The van der Waals surface area contributed by atoms with Crippen LogP contribution in [0.3, 0.4) is 0 Å². The molecule has 2 unspecified atom stereocenters. The molecule has 2 atom stereocenters. The minimum absolute atomic E-state index is 0.0782. The summed E-state index contributed by atoms with van der Waals surface area (Å²) in [6.45, 7) is -0.0782. The fourth-order valence-corrected chi connectivity index (χ4v) is 4.21. The van der Waals surface area contributed by atoms with Crippen molar-refractivity contribution < 1.29 is 17.9 Å². The topological polar surface area (TPSA) is 66.4 Å². The molecule has 112 valence electrons. The van der Waals surface area contributed by atoms with E-state index in [4.69, 9.17) is 11.6 Å². The van der Waals surface area contributed by atoms with Crippen molar-refractivity contribution in [3.63, 3.8) is 0 Å². The third kappa shape index (κ3) is 3.31. The summed E-state index contributed by atoms with van der Waals surface area (Å²) in [6.07, 6.45) is 3.27. The lowest BCUT2D eigenvalue weighted by Gasteiger charge is -2.30. The highest BCUT2D eigenvalue weighted by Gasteiger charge is 2.30. The maximum Gasteiger partial charge on any atom is 0.243 e. The van der Waals surface area contributed by atoms with E-state index in [1.165, 1.54) is 18.2 Å². The van der Waals surface area contributed by atoms with Crippen molar-refractivity contribution in [2.24, 2.45) is 5.92 Å². The van der Waals surface area contributed by atoms with Crippen LogP contribution in [0.25, 0.3) is 0 Å². The number of hydrogen-bond donors (Lipinski definition) is 2. The third-order valence-corrected chi connectivity index (χ3v) is 5.46. The highest BCUT2D eigenvalue weighted by atomic mass is 35.5. The highest BCUT2D eigenvalue weighted by molar-refractivity contribution is 7.89. The highest BCUT2D eigenvalue weighted by Crippen LogP contribution is 2.27. The van der Waals surface area contributed by atoms with Crippen molar-refractivity contribution in [3.05, 3.63) is 29.0 Å². The van der Waals surface area contributed by atoms with Crippen LogP contribution < -0.4 is 4.72 Å². The van der Waals surface area contributed by atoms with Gasteiger partial charge in [-0.15, -0.1) is 0 Å². The Hall–Kier alpha value is -0.690. The Bertz CT molecular complexity index is 579. The van der Waals surface area contributed by atoms with Crippen molar-refractivity contribution in [1.82, 2.24) is 4.72 Å². The molecule has 20 heavy (non-hydrogen) atoms. The van der Waals surface area contributed by atoms with Crippen LogP contribution in [-0.2, 0) is 10.0 Å². The first kappa shape index (κ1) is 15.7. The zero-order chi connectivity index (χ0) is 14.8. The third-order valence-electron chi connectivity index (χ3n) is 3.66. The molecule has 1 fully saturated rings. The average molecular weight is 322 g/mol. The van der Waals surface area contributed by atoms with Crippen molar-refractivity contribution in [2.75, 3.05) is 6.61 Å². The summed E-state index contributed by atoms with van der Waals surface area (Å²) in [7, 11) is -3.98. The number of hydrogen-bond acceptors (Lipinski definition) is 3. The van der Waals surface area contributed by atoms with E-state index < -0.39 is 20.7 Å². The molecule has 0 amide bonds. The molecular weight excluding hydrogens is 305 g/mol. The van der Waals surface area contributed by atoms with Gasteiger partial charge >= 0.3 is 0 Å². The Morgan fingerprint density at radius 1 is 1.35 bits per heavy atom. The first-order chi connectivity index (χ1) is 9.45. The molecule has 1 aromatic rings. The maximum atomic E-state index is 13.8. The van der Waals surface area contributed by atoms with Gasteiger partial charge in [0.2, 0.25) is 10.0 Å². The van der Waals surface area contributed by atoms with E-state index in [1.807, 2.05) is 0 Å². The number of benzene rings is 1. The minimum atomic E-state index is -3.98. The van der Waals surface area contributed by atoms with E-state index in [9.17, 15) is 17.9 Å². The fourth-order valence-electron chi connectivity index (χ4n) is 2.54. The van der Waals surface area contributed by atoms with Crippen molar-refractivity contribution in [3.8, 4) is 0 Å². The lowest BCUT2D eigenvalue weighted by molar-refractivity contribution is 0.164. The van der Waals surface area contributed by atoms with Gasteiger partial charge < -0.3 is 5.11 Å².